The van der Waals surface area contributed by atoms with Gasteiger partial charge in [-0.05, 0) is 45.6 Å². The van der Waals surface area contributed by atoms with Gasteiger partial charge in [-0.1, -0.05) is 0 Å². The minimum absolute atomic E-state index is 0.0915. The van der Waals surface area contributed by atoms with Crippen molar-refractivity contribution in [3.05, 3.63) is 22.6 Å². The highest BCUT2D eigenvalue weighted by Gasteiger charge is 2.25. The summed E-state index contributed by atoms with van der Waals surface area (Å²) in [5, 5.41) is 7.05. The Morgan fingerprint density at radius 2 is 2.03 bits per heavy atom. The molecule has 31 heavy (non-hydrogen) atoms. The number of rotatable bonds is 5. The van der Waals surface area contributed by atoms with Crippen LogP contribution in [0.5, 0.6) is 0 Å². The van der Waals surface area contributed by atoms with Gasteiger partial charge in [-0.2, -0.15) is 18.2 Å². The van der Waals surface area contributed by atoms with E-state index in [9.17, 15) is 18.0 Å². The molecule has 0 atom stereocenters. The van der Waals surface area contributed by atoms with Crippen molar-refractivity contribution in [1.29, 1.82) is 0 Å². The summed E-state index contributed by atoms with van der Waals surface area (Å²) in [6.07, 6.45) is 1.92. The van der Waals surface area contributed by atoms with E-state index in [1.807, 2.05) is 9.62 Å². The zero-order chi connectivity index (χ0) is 22.8. The zero-order valence-corrected chi connectivity index (χ0v) is 18.5. The van der Waals surface area contributed by atoms with E-state index in [4.69, 9.17) is 10.5 Å². The molecule has 3 heterocycles. The minimum Gasteiger partial charge on any atom is -0.443 e. The zero-order valence-electron chi connectivity index (χ0n) is 17.6. The summed E-state index contributed by atoms with van der Waals surface area (Å²) in [5.74, 6) is 0.871. The Labute approximate surface area is 179 Å². The highest BCUT2D eigenvalue weighted by molar-refractivity contribution is 7.88. The molecule has 2 aromatic rings. The van der Waals surface area contributed by atoms with E-state index < -0.39 is 21.9 Å². The van der Waals surface area contributed by atoms with Crippen molar-refractivity contribution in [3.8, 4) is 0 Å². The van der Waals surface area contributed by atoms with Gasteiger partial charge in [-0.15, -0.1) is 0 Å². The van der Waals surface area contributed by atoms with Crippen LogP contribution in [-0.4, -0.2) is 54.9 Å². The molecule has 0 unspecified atom stereocenters. The number of anilines is 2. The molecule has 0 saturated carbocycles. The van der Waals surface area contributed by atoms with Crippen LogP contribution in [0.2, 0.25) is 0 Å². The van der Waals surface area contributed by atoms with Crippen molar-refractivity contribution in [2.24, 2.45) is 5.92 Å². The van der Waals surface area contributed by atoms with Gasteiger partial charge in [0.05, 0.1) is 11.6 Å². The molecule has 1 amide bonds. The van der Waals surface area contributed by atoms with Crippen LogP contribution in [0, 0.1) is 5.92 Å². The number of carbonyl (C=O) groups excluding carboxylic acids is 1. The van der Waals surface area contributed by atoms with Gasteiger partial charge >= 0.3 is 16.3 Å². The predicted molar refractivity (Wildman–Crippen MR) is 116 cm³/mol. The third-order valence-electron chi connectivity index (χ3n) is 4.78. The topological polar surface area (TPSA) is 172 Å². The maximum atomic E-state index is 12.1. The number of nitrogens with two attached hydrogens (primary N) is 1. The first-order valence-corrected chi connectivity index (χ1v) is 11.3. The molecule has 2 aromatic heterocycles. The molecule has 0 bridgehead atoms. The molecule has 1 aliphatic rings. The van der Waals surface area contributed by atoms with Crippen molar-refractivity contribution in [1.82, 2.24) is 24.6 Å². The predicted octanol–water partition coefficient (Wildman–Crippen LogP) is 0.476. The van der Waals surface area contributed by atoms with E-state index in [0.717, 1.165) is 0 Å². The number of hydrogen-bond acceptors (Lipinski definition) is 9. The van der Waals surface area contributed by atoms with Crippen molar-refractivity contribution in [3.63, 3.8) is 0 Å². The molecule has 12 nitrogen and oxygen atoms in total. The number of fused-ring (bicyclic) bond motifs is 1. The Bertz CT molecular complexity index is 1120. The number of nitrogens with zero attached hydrogens (tertiary/aromatic N) is 3. The average molecular weight is 454 g/mol. The molecule has 3 rings (SSSR count). The van der Waals surface area contributed by atoms with Crippen molar-refractivity contribution in [2.75, 3.05) is 30.3 Å². The lowest BCUT2D eigenvalue weighted by atomic mass is 9.97. The van der Waals surface area contributed by atoms with Crippen LogP contribution < -0.4 is 25.6 Å². The van der Waals surface area contributed by atoms with Crippen LogP contribution in [0.25, 0.3) is 10.8 Å². The molecule has 0 aromatic carbocycles. The highest BCUT2D eigenvalue weighted by atomic mass is 32.2. The van der Waals surface area contributed by atoms with E-state index in [1.165, 1.54) is 6.20 Å². The van der Waals surface area contributed by atoms with Crippen LogP contribution in [-0.2, 0) is 14.9 Å². The number of H-pyrrole nitrogens is 1. The lowest BCUT2D eigenvalue weighted by Crippen LogP contribution is -2.45. The normalized spacial score (nSPS) is 15.8. The standard InChI is InChI=1S/C18H27N7O5S/c1-18(2,3)30-17(27)24-31(28,29)21-9-11-4-6-25(7-5-11)13-8-12-10-20-23-16(26)14(12)15(19)22-13/h8,10-11,21H,4-7,9H2,1-3H3,(H2,19,22)(H,23,26)(H,24,27). The summed E-state index contributed by atoms with van der Waals surface area (Å²) in [6, 6.07) is 1.77. The summed E-state index contributed by atoms with van der Waals surface area (Å²) in [6.45, 7) is 6.41. The number of nitrogen functional groups attached to an aromatic ring is 1. The van der Waals surface area contributed by atoms with Crippen LogP contribution in [0.15, 0.2) is 17.1 Å². The van der Waals surface area contributed by atoms with E-state index >= 15 is 0 Å². The van der Waals surface area contributed by atoms with E-state index in [-0.39, 0.29) is 23.8 Å². The van der Waals surface area contributed by atoms with Crippen molar-refractivity contribution >= 4 is 38.7 Å². The first-order valence-electron chi connectivity index (χ1n) is 9.83. The maximum Gasteiger partial charge on any atom is 0.422 e. The molecule has 1 fully saturated rings. The number of aromatic nitrogens is 3. The van der Waals surface area contributed by atoms with E-state index in [2.05, 4.69) is 19.9 Å². The molecular formula is C18H27N7O5S. The lowest BCUT2D eigenvalue weighted by molar-refractivity contribution is 0.0569. The van der Waals surface area contributed by atoms with Gasteiger partial charge in [0.1, 0.15) is 17.2 Å². The van der Waals surface area contributed by atoms with Gasteiger partial charge < -0.3 is 15.4 Å². The SMILES string of the molecule is CC(C)(C)OC(=O)NS(=O)(=O)NCC1CCN(c2cc3cn[nH]c(=O)c3c(N)n2)CC1. The van der Waals surface area contributed by atoms with Crippen LogP contribution in [0.3, 0.4) is 0 Å². The Hall–Kier alpha value is -2.93. The Morgan fingerprint density at radius 1 is 1.35 bits per heavy atom. The fourth-order valence-electron chi connectivity index (χ4n) is 3.34. The summed E-state index contributed by atoms with van der Waals surface area (Å²) in [7, 11) is -4.01. The number of amides is 1. The Kier molecular flexibility index (Phi) is 6.36. The maximum absolute atomic E-state index is 12.1. The van der Waals surface area contributed by atoms with Crippen LogP contribution in [0.4, 0.5) is 16.4 Å². The van der Waals surface area contributed by atoms with Gasteiger partial charge in [0.25, 0.3) is 5.56 Å². The second-order valence-electron chi connectivity index (χ2n) is 8.42. The minimum atomic E-state index is -4.01. The highest BCUT2D eigenvalue weighted by Crippen LogP contribution is 2.25. The summed E-state index contributed by atoms with van der Waals surface area (Å²) in [5.41, 5.74) is 4.77. The molecule has 13 heteroatoms. The van der Waals surface area contributed by atoms with Crippen LogP contribution >= 0.6 is 0 Å². The first-order chi connectivity index (χ1) is 14.4. The first kappa shape index (κ1) is 22.7. The summed E-state index contributed by atoms with van der Waals surface area (Å²) in [4.78, 5) is 29.9. The summed E-state index contributed by atoms with van der Waals surface area (Å²) < 4.78 is 33.3. The Morgan fingerprint density at radius 3 is 2.68 bits per heavy atom. The number of nitrogens with one attached hydrogen (secondary N) is 3. The number of carbonyl (C=O) groups is 1. The average Bonchev–Trinajstić information content (AvgIpc) is 2.64. The van der Waals surface area contributed by atoms with Gasteiger partial charge in [0.2, 0.25) is 0 Å². The second-order valence-corrected chi connectivity index (χ2v) is 9.91. The number of aromatic amines is 1. The quantitative estimate of drug-likeness (QED) is 0.502. The van der Waals surface area contributed by atoms with Gasteiger partial charge in [-0.3, -0.25) is 4.79 Å². The number of hydrogen-bond donors (Lipinski definition) is 4. The van der Waals surface area contributed by atoms with Crippen molar-refractivity contribution < 1.29 is 17.9 Å². The van der Waals surface area contributed by atoms with E-state index in [1.54, 1.807) is 26.8 Å². The lowest BCUT2D eigenvalue weighted by Gasteiger charge is -2.33. The molecular weight excluding hydrogens is 426 g/mol. The molecule has 0 spiro atoms. The van der Waals surface area contributed by atoms with Crippen LogP contribution in [0.1, 0.15) is 33.6 Å². The number of ether oxygens (including phenoxy) is 1. The molecule has 0 aliphatic carbocycles. The number of pyridine rings is 1. The molecule has 170 valence electrons. The third kappa shape index (κ3) is 6.04. The van der Waals surface area contributed by atoms with Gasteiger partial charge in [0.15, 0.2) is 0 Å². The van der Waals surface area contributed by atoms with E-state index in [0.29, 0.717) is 42.5 Å². The molecule has 1 aliphatic heterocycles. The monoisotopic (exact) mass is 453 g/mol. The molecule has 5 N–H and O–H groups in total. The smallest absolute Gasteiger partial charge is 0.422 e. The molecule has 0 radical (unpaired) electrons. The second kappa shape index (κ2) is 8.67. The fraction of sp³-hybridized carbons (Fsp3) is 0.556. The fourth-order valence-corrected chi connectivity index (χ4v) is 4.13. The van der Waals surface area contributed by atoms with Crippen molar-refractivity contribution in [2.45, 2.75) is 39.2 Å². The Balaban J connectivity index is 1.55. The van der Waals surface area contributed by atoms with Gasteiger partial charge in [0, 0.05) is 25.0 Å². The summed E-state index contributed by atoms with van der Waals surface area (Å²) >= 11 is 0. The number of piperidine rings is 1. The van der Waals surface area contributed by atoms with Gasteiger partial charge in [-0.25, -0.2) is 19.6 Å². The third-order valence-corrected chi connectivity index (χ3v) is 5.76. The largest absolute Gasteiger partial charge is 0.443 e. The molecule has 1 saturated heterocycles.